The molecule has 2 amide bonds. The van der Waals surface area contributed by atoms with Crippen molar-refractivity contribution in [1.29, 1.82) is 0 Å². The summed E-state index contributed by atoms with van der Waals surface area (Å²) in [6, 6.07) is 11.0. The van der Waals surface area contributed by atoms with E-state index < -0.39 is 5.54 Å². The van der Waals surface area contributed by atoms with Gasteiger partial charge in [-0.05, 0) is 30.2 Å². The number of H-pyrrole nitrogens is 1. The maximum absolute atomic E-state index is 13.5. The molecule has 2 N–H and O–H groups in total. The predicted molar refractivity (Wildman–Crippen MR) is 126 cm³/mol. The van der Waals surface area contributed by atoms with Crippen LogP contribution in [0.4, 0.5) is 10.6 Å². The molecular weight excluding hydrogens is 436 g/mol. The maximum Gasteiger partial charge on any atom is 0.324 e. The molecule has 1 aromatic heterocycles. The molecule has 0 saturated carbocycles. The van der Waals surface area contributed by atoms with Gasteiger partial charge in [0, 0.05) is 5.56 Å². The van der Waals surface area contributed by atoms with E-state index in [1.807, 2.05) is 43.3 Å². The van der Waals surface area contributed by atoms with Crippen LogP contribution in [0, 0.1) is 6.92 Å². The van der Waals surface area contributed by atoms with Crippen LogP contribution in [0.15, 0.2) is 52.7 Å². The van der Waals surface area contributed by atoms with Gasteiger partial charge in [0.15, 0.2) is 28.7 Å². The summed E-state index contributed by atoms with van der Waals surface area (Å²) >= 11 is 0. The van der Waals surface area contributed by atoms with E-state index >= 15 is 0 Å². The second-order valence-electron chi connectivity index (χ2n) is 7.91. The van der Waals surface area contributed by atoms with Gasteiger partial charge < -0.3 is 24.5 Å². The smallest absolute Gasteiger partial charge is 0.324 e. The fourth-order valence-electron chi connectivity index (χ4n) is 4.50. The molecular formula is C24H24N6O4. The number of aromatic nitrogens is 2. The van der Waals surface area contributed by atoms with Gasteiger partial charge in [-0.25, -0.2) is 19.8 Å². The van der Waals surface area contributed by atoms with Crippen LogP contribution in [-0.2, 0) is 12.1 Å². The minimum Gasteiger partial charge on any atom is -0.497 e. The van der Waals surface area contributed by atoms with Gasteiger partial charge in [0.05, 0.1) is 34.2 Å². The topological polar surface area (TPSA) is 113 Å². The molecule has 1 saturated heterocycles. The number of fused-ring (bicyclic) bond motifs is 3. The first kappa shape index (κ1) is 21.5. The molecule has 1 unspecified atom stereocenters. The Morgan fingerprint density at radius 1 is 1.00 bits per heavy atom. The molecule has 34 heavy (non-hydrogen) atoms. The molecule has 0 bridgehead atoms. The Bertz CT molecular complexity index is 1310. The van der Waals surface area contributed by atoms with Crippen molar-refractivity contribution in [2.45, 2.75) is 19.0 Å². The van der Waals surface area contributed by atoms with Crippen molar-refractivity contribution in [3.8, 4) is 17.2 Å². The first-order valence-electron chi connectivity index (χ1n) is 10.6. The summed E-state index contributed by atoms with van der Waals surface area (Å²) in [6.45, 7) is 2.21. The van der Waals surface area contributed by atoms with Crippen LogP contribution in [0.1, 0.15) is 22.4 Å². The molecule has 3 heterocycles. The molecule has 0 aliphatic carbocycles. The number of nitrogens with zero attached hydrogens (tertiary/aromatic N) is 4. The highest BCUT2D eigenvalue weighted by Gasteiger charge is 2.56. The molecule has 2 aliphatic rings. The average molecular weight is 460 g/mol. The van der Waals surface area contributed by atoms with Gasteiger partial charge in [-0.1, -0.05) is 24.3 Å². The lowest BCUT2D eigenvalue weighted by Gasteiger charge is -2.30. The monoisotopic (exact) mass is 460 g/mol. The number of imidazole rings is 1. The maximum atomic E-state index is 13.5. The van der Waals surface area contributed by atoms with Crippen molar-refractivity contribution >= 4 is 24.0 Å². The van der Waals surface area contributed by atoms with E-state index in [1.165, 1.54) is 6.34 Å². The van der Waals surface area contributed by atoms with Gasteiger partial charge in [0.25, 0.3) is 0 Å². The summed E-state index contributed by atoms with van der Waals surface area (Å²) < 4.78 is 16.7. The standard InChI is InChI=1S/C24H24N6O4/c1-14-5-10-17(19(34-4)18(14)33-3)24-20-21(26-12-25-20)27-13-28-22(24)30(23(31)29-24)11-15-6-8-16(32-2)9-7-15/h5-10,12-13H,11H2,1-4H3,(H,25,26)(H,29,31). The average Bonchev–Trinajstić information content (AvgIpc) is 3.39. The minimum absolute atomic E-state index is 0.287. The van der Waals surface area contributed by atoms with Gasteiger partial charge in [0.1, 0.15) is 17.8 Å². The molecule has 1 fully saturated rings. The second kappa shape index (κ2) is 8.22. The van der Waals surface area contributed by atoms with E-state index in [0.717, 1.165) is 16.9 Å². The number of amides is 2. The Morgan fingerprint density at radius 3 is 2.47 bits per heavy atom. The number of nitrogens with one attached hydrogen (secondary N) is 2. The third kappa shape index (κ3) is 3.10. The highest BCUT2D eigenvalue weighted by Crippen LogP contribution is 2.48. The van der Waals surface area contributed by atoms with E-state index in [-0.39, 0.29) is 12.6 Å². The van der Waals surface area contributed by atoms with E-state index in [9.17, 15) is 4.79 Å². The molecule has 0 radical (unpaired) electrons. The van der Waals surface area contributed by atoms with Gasteiger partial charge in [-0.15, -0.1) is 0 Å². The number of amidine groups is 1. The SMILES string of the molecule is COc1ccc(CN2C(=O)NC3(c4ccc(C)c(OC)c4OC)C2=NC=Nc2[nH]cnc23)cc1. The fraction of sp³-hybridized carbons (Fsp3) is 0.250. The second-order valence-corrected chi connectivity index (χ2v) is 7.91. The van der Waals surface area contributed by atoms with Crippen molar-refractivity contribution in [3.63, 3.8) is 0 Å². The fourth-order valence-corrected chi connectivity index (χ4v) is 4.50. The van der Waals surface area contributed by atoms with Crippen molar-refractivity contribution < 1.29 is 19.0 Å². The van der Waals surface area contributed by atoms with E-state index in [0.29, 0.717) is 34.4 Å². The van der Waals surface area contributed by atoms with Gasteiger partial charge in [-0.2, -0.15) is 0 Å². The van der Waals surface area contributed by atoms with Gasteiger partial charge in [-0.3, -0.25) is 4.90 Å². The van der Waals surface area contributed by atoms with Gasteiger partial charge >= 0.3 is 6.03 Å². The molecule has 1 atom stereocenters. The molecule has 2 aliphatic heterocycles. The number of methoxy groups -OCH3 is 3. The van der Waals surface area contributed by atoms with Crippen LogP contribution in [-0.4, -0.2) is 54.4 Å². The zero-order valence-electron chi connectivity index (χ0n) is 19.2. The molecule has 3 aromatic rings. The number of benzene rings is 2. The minimum atomic E-state index is -1.25. The molecule has 0 spiro atoms. The third-order valence-electron chi connectivity index (χ3n) is 6.09. The number of urea groups is 1. The molecule has 10 nitrogen and oxygen atoms in total. The summed E-state index contributed by atoms with van der Waals surface area (Å²) in [5.74, 6) is 2.72. The third-order valence-corrected chi connectivity index (χ3v) is 6.09. The predicted octanol–water partition coefficient (Wildman–Crippen LogP) is 3.28. The number of carbonyl (C=O) groups is 1. The number of hydrogen-bond donors (Lipinski definition) is 2. The Balaban J connectivity index is 1.70. The van der Waals surface area contributed by atoms with Crippen LogP contribution < -0.4 is 19.5 Å². The van der Waals surface area contributed by atoms with Gasteiger partial charge in [0.2, 0.25) is 0 Å². The van der Waals surface area contributed by atoms with Crippen LogP contribution in [0.2, 0.25) is 0 Å². The number of carbonyl (C=O) groups excluding carboxylic acids is 1. The number of aliphatic imine (C=N–C) groups is 2. The highest BCUT2D eigenvalue weighted by atomic mass is 16.5. The zero-order chi connectivity index (χ0) is 23.9. The Hall–Kier alpha value is -4.34. The first-order valence-corrected chi connectivity index (χ1v) is 10.6. The molecule has 5 rings (SSSR count). The molecule has 174 valence electrons. The highest BCUT2D eigenvalue weighted by molar-refractivity contribution is 6.15. The van der Waals surface area contributed by atoms with Crippen molar-refractivity contribution in [2.75, 3.05) is 21.3 Å². The Kier molecular flexibility index (Phi) is 5.20. The van der Waals surface area contributed by atoms with E-state index in [2.05, 4.69) is 25.3 Å². The largest absolute Gasteiger partial charge is 0.497 e. The summed E-state index contributed by atoms with van der Waals surface area (Å²) in [4.78, 5) is 31.7. The van der Waals surface area contributed by atoms with Crippen molar-refractivity contribution in [3.05, 3.63) is 65.1 Å². The normalized spacial score (nSPS) is 18.5. The number of aromatic amines is 1. The summed E-state index contributed by atoms with van der Waals surface area (Å²) in [5, 5.41) is 3.14. The van der Waals surface area contributed by atoms with Crippen LogP contribution in [0.5, 0.6) is 17.2 Å². The first-order chi connectivity index (χ1) is 16.5. The van der Waals surface area contributed by atoms with Crippen molar-refractivity contribution in [2.24, 2.45) is 9.98 Å². The van der Waals surface area contributed by atoms with Crippen molar-refractivity contribution in [1.82, 2.24) is 20.2 Å². The van der Waals surface area contributed by atoms with Crippen LogP contribution in [0.3, 0.4) is 0 Å². The molecule has 2 aromatic carbocycles. The molecule has 10 heteroatoms. The van der Waals surface area contributed by atoms with Crippen LogP contribution in [0.25, 0.3) is 0 Å². The zero-order valence-corrected chi connectivity index (χ0v) is 19.2. The number of hydrogen-bond acceptors (Lipinski definition) is 7. The Morgan fingerprint density at radius 2 is 1.76 bits per heavy atom. The lowest BCUT2D eigenvalue weighted by atomic mass is 9.84. The quantitative estimate of drug-likeness (QED) is 0.586. The summed E-state index contributed by atoms with van der Waals surface area (Å²) in [6.07, 6.45) is 2.97. The number of ether oxygens (including phenoxy) is 3. The summed E-state index contributed by atoms with van der Waals surface area (Å²) in [5.41, 5.74) is 1.70. The summed E-state index contributed by atoms with van der Waals surface area (Å²) in [7, 11) is 4.76. The van der Waals surface area contributed by atoms with E-state index in [1.54, 1.807) is 32.6 Å². The van der Waals surface area contributed by atoms with E-state index in [4.69, 9.17) is 14.2 Å². The lowest BCUT2D eigenvalue weighted by molar-refractivity contribution is 0.225. The van der Waals surface area contributed by atoms with Crippen LogP contribution >= 0.6 is 0 Å². The number of rotatable bonds is 6. The Labute approximate surface area is 196 Å². The lowest BCUT2D eigenvalue weighted by Crippen LogP contribution is -2.45. The number of aryl methyl sites for hydroxylation is 1.